The molecule has 2 aromatic rings. The van der Waals surface area contributed by atoms with Crippen LogP contribution >= 0.6 is 12.2 Å². The lowest BCUT2D eigenvalue weighted by Gasteiger charge is -2.29. The molecule has 1 heterocycles. The van der Waals surface area contributed by atoms with Crippen molar-refractivity contribution in [3.8, 4) is 0 Å². The van der Waals surface area contributed by atoms with Gasteiger partial charge in [-0.3, -0.25) is 0 Å². The van der Waals surface area contributed by atoms with Gasteiger partial charge in [0.2, 0.25) is 0 Å². The Morgan fingerprint density at radius 1 is 0.947 bits per heavy atom. The fraction of sp³-hybridized carbons (Fsp3) is 0.353. The van der Waals surface area contributed by atoms with Crippen LogP contribution in [0.5, 0.6) is 0 Å². The first-order valence-electron chi connectivity index (χ1n) is 7.08. The third-order valence-corrected chi connectivity index (χ3v) is 4.28. The van der Waals surface area contributed by atoms with Crippen molar-refractivity contribution in [2.75, 3.05) is 13.1 Å². The number of hydrogen-bond donors (Lipinski definition) is 0. The fourth-order valence-electron chi connectivity index (χ4n) is 2.78. The topological polar surface area (TPSA) is 3.24 Å². The van der Waals surface area contributed by atoms with Gasteiger partial charge in [0.25, 0.3) is 0 Å². The summed E-state index contributed by atoms with van der Waals surface area (Å²) in [7, 11) is 0. The van der Waals surface area contributed by atoms with E-state index in [4.69, 9.17) is 12.2 Å². The van der Waals surface area contributed by atoms with Gasteiger partial charge in [-0.05, 0) is 35.6 Å². The Labute approximate surface area is 120 Å². The van der Waals surface area contributed by atoms with Gasteiger partial charge in [0, 0.05) is 19.5 Å². The first-order valence-corrected chi connectivity index (χ1v) is 7.49. The average Bonchev–Trinajstić information content (AvgIpc) is 2.48. The Hall–Kier alpha value is -1.41. The molecule has 1 saturated heterocycles. The molecule has 0 radical (unpaired) electrons. The molecule has 0 spiro atoms. The quantitative estimate of drug-likeness (QED) is 0.752. The number of rotatable bonds is 2. The van der Waals surface area contributed by atoms with Crippen LogP contribution in [-0.4, -0.2) is 23.0 Å². The van der Waals surface area contributed by atoms with Crippen LogP contribution in [0.15, 0.2) is 42.5 Å². The second kappa shape index (κ2) is 5.70. The van der Waals surface area contributed by atoms with Gasteiger partial charge in [0.05, 0.1) is 4.99 Å². The van der Waals surface area contributed by atoms with Crippen LogP contribution in [0.3, 0.4) is 0 Å². The number of nitrogens with zero attached hydrogens (tertiary/aromatic N) is 1. The maximum absolute atomic E-state index is 5.60. The predicted octanol–water partition coefficient (Wildman–Crippen LogP) is 4.20. The van der Waals surface area contributed by atoms with Crippen molar-refractivity contribution in [2.24, 2.45) is 0 Å². The Bertz CT molecular complexity index is 585. The Balaban J connectivity index is 1.75. The first kappa shape index (κ1) is 12.6. The normalized spacial score (nSPS) is 15.7. The van der Waals surface area contributed by atoms with E-state index >= 15 is 0 Å². The van der Waals surface area contributed by atoms with E-state index in [1.807, 2.05) is 0 Å². The highest BCUT2D eigenvalue weighted by molar-refractivity contribution is 7.80. The summed E-state index contributed by atoms with van der Waals surface area (Å²) in [5.74, 6) is 0. The highest BCUT2D eigenvalue weighted by Crippen LogP contribution is 2.18. The van der Waals surface area contributed by atoms with Crippen LogP contribution in [0.2, 0.25) is 0 Å². The number of fused-ring (bicyclic) bond motifs is 1. The average molecular weight is 269 g/mol. The number of piperidine rings is 1. The van der Waals surface area contributed by atoms with Gasteiger partial charge in [0.15, 0.2) is 0 Å². The molecule has 0 atom stereocenters. The van der Waals surface area contributed by atoms with Gasteiger partial charge in [-0.25, -0.2) is 0 Å². The highest BCUT2D eigenvalue weighted by atomic mass is 32.1. The minimum absolute atomic E-state index is 0.903. The maximum atomic E-state index is 5.60. The third kappa shape index (κ3) is 2.95. The van der Waals surface area contributed by atoms with E-state index in [9.17, 15) is 0 Å². The van der Waals surface area contributed by atoms with Crippen molar-refractivity contribution >= 4 is 28.0 Å². The molecule has 0 amide bonds. The molecule has 0 saturated carbocycles. The van der Waals surface area contributed by atoms with E-state index in [0.717, 1.165) is 24.5 Å². The minimum atomic E-state index is 0.903. The van der Waals surface area contributed by atoms with Crippen LogP contribution in [0.25, 0.3) is 10.8 Å². The van der Waals surface area contributed by atoms with E-state index in [0.29, 0.717) is 0 Å². The van der Waals surface area contributed by atoms with Gasteiger partial charge in [-0.15, -0.1) is 0 Å². The summed E-state index contributed by atoms with van der Waals surface area (Å²) < 4.78 is 0. The molecule has 19 heavy (non-hydrogen) atoms. The van der Waals surface area contributed by atoms with Crippen molar-refractivity contribution in [3.63, 3.8) is 0 Å². The van der Waals surface area contributed by atoms with Crippen LogP contribution in [-0.2, 0) is 6.42 Å². The molecular weight excluding hydrogens is 250 g/mol. The van der Waals surface area contributed by atoms with E-state index in [1.54, 1.807) is 0 Å². The molecule has 1 aliphatic heterocycles. The predicted molar refractivity (Wildman–Crippen MR) is 85.7 cm³/mol. The molecule has 0 N–H and O–H groups in total. The summed E-state index contributed by atoms with van der Waals surface area (Å²) >= 11 is 5.60. The van der Waals surface area contributed by atoms with Crippen LogP contribution in [0.1, 0.15) is 24.8 Å². The zero-order valence-electron chi connectivity index (χ0n) is 11.1. The number of hydrogen-bond acceptors (Lipinski definition) is 1. The molecule has 3 rings (SSSR count). The zero-order chi connectivity index (χ0) is 13.1. The first-order chi connectivity index (χ1) is 9.33. The van der Waals surface area contributed by atoms with E-state index in [-0.39, 0.29) is 0 Å². The van der Waals surface area contributed by atoms with Crippen molar-refractivity contribution in [2.45, 2.75) is 25.7 Å². The molecular formula is C17H19NS. The molecule has 98 valence electrons. The van der Waals surface area contributed by atoms with Crippen LogP contribution in [0, 0.1) is 0 Å². The summed E-state index contributed by atoms with van der Waals surface area (Å²) in [4.78, 5) is 3.49. The smallest absolute Gasteiger partial charge is 0.0823 e. The number of benzene rings is 2. The fourth-order valence-corrected chi connectivity index (χ4v) is 3.13. The third-order valence-electron chi connectivity index (χ3n) is 3.88. The number of likely N-dealkylation sites (tertiary alicyclic amines) is 1. The van der Waals surface area contributed by atoms with Gasteiger partial charge >= 0.3 is 0 Å². The molecule has 1 aliphatic rings. The lowest BCUT2D eigenvalue weighted by atomic mass is 10.0. The lowest BCUT2D eigenvalue weighted by molar-refractivity contribution is 0.343. The lowest BCUT2D eigenvalue weighted by Crippen LogP contribution is -2.35. The Morgan fingerprint density at radius 3 is 2.47 bits per heavy atom. The molecule has 1 nitrogen and oxygen atoms in total. The molecule has 2 aromatic carbocycles. The molecule has 2 heteroatoms. The molecule has 0 bridgehead atoms. The van der Waals surface area contributed by atoms with Crippen LogP contribution in [0.4, 0.5) is 0 Å². The van der Waals surface area contributed by atoms with Gasteiger partial charge in [0.1, 0.15) is 0 Å². The van der Waals surface area contributed by atoms with Crippen molar-refractivity contribution in [1.82, 2.24) is 4.90 Å². The standard InChI is InChI=1S/C17H19NS/c19-17(18-10-4-1-5-11-18)13-14-8-9-15-6-2-3-7-16(15)12-14/h2-3,6-9,12H,1,4-5,10-11,13H2. The summed E-state index contributed by atoms with van der Waals surface area (Å²) in [5, 5.41) is 2.61. The molecule has 1 fully saturated rings. The van der Waals surface area contributed by atoms with Crippen LogP contribution < -0.4 is 0 Å². The van der Waals surface area contributed by atoms with E-state index in [2.05, 4.69) is 47.4 Å². The Kier molecular flexibility index (Phi) is 3.79. The monoisotopic (exact) mass is 269 g/mol. The van der Waals surface area contributed by atoms with Gasteiger partial charge < -0.3 is 4.90 Å². The highest BCUT2D eigenvalue weighted by Gasteiger charge is 2.13. The zero-order valence-corrected chi connectivity index (χ0v) is 12.0. The van der Waals surface area contributed by atoms with Crippen molar-refractivity contribution in [1.29, 1.82) is 0 Å². The second-order valence-corrected chi connectivity index (χ2v) is 5.77. The maximum Gasteiger partial charge on any atom is 0.0823 e. The summed E-state index contributed by atoms with van der Waals surface area (Å²) in [5.41, 5.74) is 1.33. The number of thiocarbonyl (C=S) groups is 1. The largest absolute Gasteiger partial charge is 0.366 e. The minimum Gasteiger partial charge on any atom is -0.366 e. The SMILES string of the molecule is S=C(Cc1ccc2ccccc2c1)N1CCCCC1. The summed E-state index contributed by atoms with van der Waals surface area (Å²) in [6, 6.07) is 15.2. The second-order valence-electron chi connectivity index (χ2n) is 5.30. The van der Waals surface area contributed by atoms with Gasteiger partial charge in [-0.1, -0.05) is 54.7 Å². The molecule has 0 aliphatic carbocycles. The van der Waals surface area contributed by atoms with E-state index < -0.39 is 0 Å². The van der Waals surface area contributed by atoms with E-state index in [1.165, 1.54) is 35.6 Å². The summed E-state index contributed by atoms with van der Waals surface area (Å²) in [6.45, 7) is 2.29. The molecule has 0 aromatic heterocycles. The van der Waals surface area contributed by atoms with Crippen molar-refractivity contribution < 1.29 is 0 Å². The van der Waals surface area contributed by atoms with Gasteiger partial charge in [-0.2, -0.15) is 0 Å². The summed E-state index contributed by atoms with van der Waals surface area (Å²) in [6.07, 6.45) is 4.84. The van der Waals surface area contributed by atoms with Crippen molar-refractivity contribution in [3.05, 3.63) is 48.0 Å². The Morgan fingerprint density at radius 2 is 1.68 bits per heavy atom. The molecule has 0 unspecified atom stereocenters.